The summed E-state index contributed by atoms with van der Waals surface area (Å²) in [6, 6.07) is 1.98. The minimum absolute atomic E-state index is 0.0931. The van der Waals surface area contributed by atoms with E-state index in [4.69, 9.17) is 20.7 Å². The first kappa shape index (κ1) is 24.3. The third-order valence-corrected chi connectivity index (χ3v) is 5.46. The molecule has 0 bridgehead atoms. The Hall–Kier alpha value is -1.95. The van der Waals surface area contributed by atoms with Crippen molar-refractivity contribution in [1.29, 1.82) is 0 Å². The quantitative estimate of drug-likeness (QED) is 0.565. The molecule has 3 unspecified atom stereocenters. The summed E-state index contributed by atoms with van der Waals surface area (Å²) >= 11 is 0. The number of rotatable bonds is 9. The molecule has 0 spiro atoms. The summed E-state index contributed by atoms with van der Waals surface area (Å²) in [6.07, 6.45) is 2.00. The van der Waals surface area contributed by atoms with E-state index in [-0.39, 0.29) is 17.9 Å². The minimum Gasteiger partial charge on any atom is -0.323 e. The molecule has 2 N–H and O–H groups in total. The molecule has 2 aromatic rings. The molecule has 0 radical (unpaired) electrons. The lowest BCUT2D eigenvalue weighted by atomic mass is 9.94. The molecular weight excluding hydrogens is 372 g/mol. The topological polar surface area (TPSA) is 90.5 Å². The zero-order chi connectivity index (χ0) is 22.6. The molecule has 0 amide bonds. The Kier molecular flexibility index (Phi) is 8.42. The smallest absolute Gasteiger partial charge is 0.135 e. The van der Waals surface area contributed by atoms with Crippen LogP contribution in [0, 0.1) is 0 Å². The number of nitrogens with two attached hydrogens (primary N) is 1. The van der Waals surface area contributed by atoms with Gasteiger partial charge in [-0.2, -0.15) is 0 Å². The monoisotopic (exact) mass is 412 g/mol. The summed E-state index contributed by atoms with van der Waals surface area (Å²) in [6.45, 7) is 19.2. The second kappa shape index (κ2) is 10.4. The third-order valence-electron chi connectivity index (χ3n) is 5.46. The molecule has 0 saturated heterocycles. The third kappa shape index (κ3) is 6.27. The molecule has 166 valence electrons. The SMILES string of the molecule is CC(C)c1nc(C(C)N)cc(C(C)CCC(C)c2nc(C(C)C)nc(C(C)C)n2)n1. The van der Waals surface area contributed by atoms with E-state index < -0.39 is 0 Å². The lowest BCUT2D eigenvalue weighted by Crippen LogP contribution is -2.14. The van der Waals surface area contributed by atoms with Gasteiger partial charge >= 0.3 is 0 Å². The van der Waals surface area contributed by atoms with E-state index in [9.17, 15) is 0 Å². The highest BCUT2D eigenvalue weighted by atomic mass is 15.0. The second-order valence-corrected chi connectivity index (χ2v) is 9.62. The normalized spacial score (nSPS) is 15.1. The number of hydrogen-bond acceptors (Lipinski definition) is 6. The van der Waals surface area contributed by atoms with Gasteiger partial charge < -0.3 is 5.73 Å². The van der Waals surface area contributed by atoms with E-state index in [1.54, 1.807) is 0 Å². The average molecular weight is 413 g/mol. The fourth-order valence-corrected chi connectivity index (χ4v) is 3.19. The van der Waals surface area contributed by atoms with Crippen LogP contribution in [0.5, 0.6) is 0 Å². The fraction of sp³-hybridized carbons (Fsp3) is 0.708. The summed E-state index contributed by atoms with van der Waals surface area (Å²) in [4.78, 5) is 23.7. The van der Waals surface area contributed by atoms with Crippen LogP contribution in [0.15, 0.2) is 6.07 Å². The van der Waals surface area contributed by atoms with E-state index in [0.29, 0.717) is 17.8 Å². The van der Waals surface area contributed by atoms with Crippen LogP contribution in [0.3, 0.4) is 0 Å². The summed E-state index contributed by atoms with van der Waals surface area (Å²) in [5.74, 6) is 5.02. The van der Waals surface area contributed by atoms with Crippen molar-refractivity contribution in [1.82, 2.24) is 24.9 Å². The Morgan fingerprint density at radius 2 is 0.967 bits per heavy atom. The van der Waals surface area contributed by atoms with Crippen molar-refractivity contribution in [3.8, 4) is 0 Å². The van der Waals surface area contributed by atoms with Crippen LogP contribution in [0.4, 0.5) is 0 Å². The summed E-state index contributed by atoms with van der Waals surface area (Å²) in [5, 5.41) is 0. The maximum Gasteiger partial charge on any atom is 0.135 e. The molecule has 2 rings (SSSR count). The molecule has 0 aromatic carbocycles. The van der Waals surface area contributed by atoms with E-state index in [0.717, 1.165) is 47.5 Å². The Balaban J connectivity index is 2.19. The highest BCUT2D eigenvalue weighted by Gasteiger charge is 2.19. The van der Waals surface area contributed by atoms with Gasteiger partial charge in [0.15, 0.2) is 0 Å². The van der Waals surface area contributed by atoms with Crippen molar-refractivity contribution in [2.45, 2.75) is 111 Å². The highest BCUT2D eigenvalue weighted by molar-refractivity contribution is 5.18. The van der Waals surface area contributed by atoms with Crippen LogP contribution in [0.1, 0.15) is 145 Å². The lowest BCUT2D eigenvalue weighted by Gasteiger charge is -2.19. The van der Waals surface area contributed by atoms with Gasteiger partial charge in [-0.15, -0.1) is 0 Å². The molecule has 6 heteroatoms. The maximum atomic E-state index is 6.11. The molecule has 6 nitrogen and oxygen atoms in total. The van der Waals surface area contributed by atoms with Gasteiger partial charge in [0.2, 0.25) is 0 Å². The first-order valence-corrected chi connectivity index (χ1v) is 11.4. The van der Waals surface area contributed by atoms with Crippen molar-refractivity contribution < 1.29 is 0 Å². The molecule has 0 fully saturated rings. The van der Waals surface area contributed by atoms with Gasteiger partial charge in [0.25, 0.3) is 0 Å². The van der Waals surface area contributed by atoms with Crippen LogP contribution >= 0.6 is 0 Å². The Bertz CT molecular complexity index is 706. The zero-order valence-corrected chi connectivity index (χ0v) is 20.3. The van der Waals surface area contributed by atoms with Gasteiger partial charge in [-0.05, 0) is 31.7 Å². The molecule has 3 atom stereocenters. The van der Waals surface area contributed by atoms with Crippen LogP contribution < -0.4 is 5.73 Å². The van der Waals surface area contributed by atoms with Crippen molar-refractivity contribution in [2.24, 2.45) is 5.73 Å². The molecule has 2 heterocycles. The van der Waals surface area contributed by atoms with E-state index in [1.807, 2.05) is 6.92 Å². The van der Waals surface area contributed by atoms with E-state index in [1.165, 1.54) is 0 Å². The zero-order valence-electron chi connectivity index (χ0n) is 20.3. The fourth-order valence-electron chi connectivity index (χ4n) is 3.19. The molecule has 0 aliphatic heterocycles. The van der Waals surface area contributed by atoms with Gasteiger partial charge in [0.05, 0.1) is 5.69 Å². The molecular formula is C24H40N6. The van der Waals surface area contributed by atoms with Gasteiger partial charge in [0, 0.05) is 35.4 Å². The van der Waals surface area contributed by atoms with Crippen molar-refractivity contribution in [2.75, 3.05) is 0 Å². The highest BCUT2D eigenvalue weighted by Crippen LogP contribution is 2.28. The van der Waals surface area contributed by atoms with Crippen LogP contribution in [-0.4, -0.2) is 24.9 Å². The maximum absolute atomic E-state index is 6.11. The van der Waals surface area contributed by atoms with E-state index in [2.05, 4.69) is 71.4 Å². The molecule has 0 saturated carbocycles. The van der Waals surface area contributed by atoms with Crippen molar-refractivity contribution in [3.63, 3.8) is 0 Å². The predicted octanol–water partition coefficient (Wildman–Crippen LogP) is 5.74. The standard InChI is InChI=1S/C24H40N6/c1-13(2)21-26-19(12-20(27-21)18(9)25)16(7)10-11-17(8)24-29-22(14(3)4)28-23(30-24)15(5)6/h12-18H,10-11,25H2,1-9H3. The Morgan fingerprint density at radius 3 is 1.43 bits per heavy atom. The summed E-state index contributed by atoms with van der Waals surface area (Å²) < 4.78 is 0. The second-order valence-electron chi connectivity index (χ2n) is 9.62. The van der Waals surface area contributed by atoms with Crippen LogP contribution in [0.2, 0.25) is 0 Å². The van der Waals surface area contributed by atoms with Crippen molar-refractivity contribution in [3.05, 3.63) is 40.8 Å². The minimum atomic E-state index is -0.0931. The molecule has 2 aromatic heterocycles. The molecule has 30 heavy (non-hydrogen) atoms. The van der Waals surface area contributed by atoms with E-state index >= 15 is 0 Å². The number of nitrogens with zero attached hydrogens (tertiary/aromatic N) is 5. The summed E-state index contributed by atoms with van der Waals surface area (Å²) in [5.41, 5.74) is 8.11. The van der Waals surface area contributed by atoms with Crippen LogP contribution in [-0.2, 0) is 0 Å². The molecule has 0 aliphatic rings. The Labute approximate surface area is 182 Å². The average Bonchev–Trinajstić information content (AvgIpc) is 2.70. The van der Waals surface area contributed by atoms with Crippen LogP contribution in [0.25, 0.3) is 0 Å². The van der Waals surface area contributed by atoms with Gasteiger partial charge in [0.1, 0.15) is 23.3 Å². The lowest BCUT2D eigenvalue weighted by molar-refractivity contribution is 0.531. The Morgan fingerprint density at radius 1 is 0.567 bits per heavy atom. The molecule has 0 aliphatic carbocycles. The first-order valence-electron chi connectivity index (χ1n) is 11.4. The number of hydrogen-bond donors (Lipinski definition) is 1. The van der Waals surface area contributed by atoms with Gasteiger partial charge in [-0.25, -0.2) is 24.9 Å². The van der Waals surface area contributed by atoms with Gasteiger partial charge in [-0.3, -0.25) is 0 Å². The number of aromatic nitrogens is 5. The van der Waals surface area contributed by atoms with Gasteiger partial charge in [-0.1, -0.05) is 55.4 Å². The summed E-state index contributed by atoms with van der Waals surface area (Å²) in [7, 11) is 0. The van der Waals surface area contributed by atoms with Crippen molar-refractivity contribution >= 4 is 0 Å². The predicted molar refractivity (Wildman–Crippen MR) is 123 cm³/mol. The first-order chi connectivity index (χ1) is 14.0. The largest absolute Gasteiger partial charge is 0.323 e.